The predicted octanol–water partition coefficient (Wildman–Crippen LogP) is 2.46. The lowest BCUT2D eigenvalue weighted by Crippen LogP contribution is -2.27. The lowest BCUT2D eigenvalue weighted by atomic mass is 9.88. The molecule has 1 aromatic rings. The molecule has 2 bridgehead atoms. The summed E-state index contributed by atoms with van der Waals surface area (Å²) in [4.78, 5) is 16.1. The van der Waals surface area contributed by atoms with Gasteiger partial charge in [0.2, 0.25) is 5.91 Å². The van der Waals surface area contributed by atoms with Crippen molar-refractivity contribution < 1.29 is 4.79 Å². The van der Waals surface area contributed by atoms with E-state index in [4.69, 9.17) is 0 Å². The van der Waals surface area contributed by atoms with Gasteiger partial charge in [0.05, 0.1) is 11.9 Å². The Hall–Kier alpha value is -1.38. The van der Waals surface area contributed by atoms with Gasteiger partial charge in [0.15, 0.2) is 0 Å². The van der Waals surface area contributed by atoms with Crippen LogP contribution in [0.5, 0.6) is 0 Å². The molecule has 2 fully saturated rings. The zero-order chi connectivity index (χ0) is 11.0. The molecule has 0 spiro atoms. The maximum atomic E-state index is 12.1. The SMILES string of the molecule is O=C(Nc1cccnc1)C1CC2CCC1C2. The molecule has 3 heteroatoms. The molecule has 3 nitrogen and oxygen atoms in total. The zero-order valence-electron chi connectivity index (χ0n) is 9.23. The average molecular weight is 216 g/mol. The van der Waals surface area contributed by atoms with Crippen molar-refractivity contribution in [2.75, 3.05) is 5.32 Å². The number of aromatic nitrogens is 1. The molecule has 16 heavy (non-hydrogen) atoms. The van der Waals surface area contributed by atoms with E-state index in [-0.39, 0.29) is 11.8 Å². The molecule has 84 valence electrons. The Kier molecular flexibility index (Phi) is 2.39. The van der Waals surface area contributed by atoms with Gasteiger partial charge in [-0.2, -0.15) is 0 Å². The maximum absolute atomic E-state index is 12.1. The molecule has 1 aromatic heterocycles. The number of anilines is 1. The fourth-order valence-corrected chi connectivity index (χ4v) is 3.24. The monoisotopic (exact) mass is 216 g/mol. The lowest BCUT2D eigenvalue weighted by molar-refractivity contribution is -0.121. The average Bonchev–Trinajstić information content (AvgIpc) is 2.92. The third-order valence-corrected chi connectivity index (χ3v) is 4.00. The van der Waals surface area contributed by atoms with Gasteiger partial charge >= 0.3 is 0 Å². The van der Waals surface area contributed by atoms with Crippen LogP contribution in [0.3, 0.4) is 0 Å². The van der Waals surface area contributed by atoms with E-state index < -0.39 is 0 Å². The van der Waals surface area contributed by atoms with Crippen LogP contribution in [0, 0.1) is 17.8 Å². The van der Waals surface area contributed by atoms with Crippen molar-refractivity contribution >= 4 is 11.6 Å². The molecule has 0 aromatic carbocycles. The van der Waals surface area contributed by atoms with Crippen molar-refractivity contribution in [1.29, 1.82) is 0 Å². The van der Waals surface area contributed by atoms with E-state index in [1.165, 1.54) is 19.3 Å². The van der Waals surface area contributed by atoms with E-state index in [0.29, 0.717) is 5.92 Å². The van der Waals surface area contributed by atoms with Gasteiger partial charge in [-0.15, -0.1) is 0 Å². The van der Waals surface area contributed by atoms with E-state index in [1.807, 2.05) is 12.1 Å². The second-order valence-electron chi connectivity index (χ2n) is 5.01. The molecule has 2 aliphatic rings. The van der Waals surface area contributed by atoms with Crippen molar-refractivity contribution in [3.8, 4) is 0 Å². The molecule has 1 amide bonds. The summed E-state index contributed by atoms with van der Waals surface area (Å²) in [5.74, 6) is 1.90. The van der Waals surface area contributed by atoms with Gasteiger partial charge in [-0.25, -0.2) is 0 Å². The third kappa shape index (κ3) is 1.70. The Morgan fingerprint density at radius 3 is 2.94 bits per heavy atom. The van der Waals surface area contributed by atoms with Gasteiger partial charge in [-0.3, -0.25) is 9.78 Å². The van der Waals surface area contributed by atoms with Crippen LogP contribution in [0.15, 0.2) is 24.5 Å². The van der Waals surface area contributed by atoms with Crippen molar-refractivity contribution in [2.24, 2.45) is 17.8 Å². The number of rotatable bonds is 2. The predicted molar refractivity (Wildman–Crippen MR) is 61.8 cm³/mol. The fraction of sp³-hybridized carbons (Fsp3) is 0.538. The molecular formula is C13H16N2O. The second-order valence-corrected chi connectivity index (χ2v) is 5.01. The maximum Gasteiger partial charge on any atom is 0.227 e. The summed E-state index contributed by atoms with van der Waals surface area (Å²) in [6.07, 6.45) is 8.36. The summed E-state index contributed by atoms with van der Waals surface area (Å²) in [5, 5.41) is 2.97. The Morgan fingerprint density at radius 1 is 1.38 bits per heavy atom. The van der Waals surface area contributed by atoms with E-state index in [9.17, 15) is 4.79 Å². The summed E-state index contributed by atoms with van der Waals surface area (Å²) >= 11 is 0. The highest BCUT2D eigenvalue weighted by molar-refractivity contribution is 5.92. The van der Waals surface area contributed by atoms with Crippen molar-refractivity contribution in [2.45, 2.75) is 25.7 Å². The molecule has 3 unspecified atom stereocenters. The summed E-state index contributed by atoms with van der Waals surface area (Å²) in [5.41, 5.74) is 0.815. The number of hydrogen-bond acceptors (Lipinski definition) is 2. The van der Waals surface area contributed by atoms with Crippen LogP contribution in [-0.4, -0.2) is 10.9 Å². The Morgan fingerprint density at radius 2 is 2.31 bits per heavy atom. The highest BCUT2D eigenvalue weighted by atomic mass is 16.1. The first kappa shape index (κ1) is 9.82. The van der Waals surface area contributed by atoms with Crippen LogP contribution >= 0.6 is 0 Å². The van der Waals surface area contributed by atoms with E-state index in [1.54, 1.807) is 12.4 Å². The van der Waals surface area contributed by atoms with E-state index in [2.05, 4.69) is 10.3 Å². The van der Waals surface area contributed by atoms with Gasteiger partial charge in [0, 0.05) is 12.1 Å². The highest BCUT2D eigenvalue weighted by Gasteiger charge is 2.42. The van der Waals surface area contributed by atoms with Crippen molar-refractivity contribution in [3.63, 3.8) is 0 Å². The number of nitrogens with zero attached hydrogens (tertiary/aromatic N) is 1. The summed E-state index contributed by atoms with van der Waals surface area (Å²) in [6.45, 7) is 0. The standard InChI is InChI=1S/C13H16N2O/c16-13(15-11-2-1-5-14-8-11)12-7-9-3-4-10(12)6-9/h1-2,5,8-10,12H,3-4,6-7H2,(H,15,16). The number of pyridine rings is 1. The molecule has 0 aliphatic heterocycles. The molecule has 0 radical (unpaired) electrons. The topological polar surface area (TPSA) is 42.0 Å². The molecule has 1 heterocycles. The van der Waals surface area contributed by atoms with E-state index >= 15 is 0 Å². The molecular weight excluding hydrogens is 200 g/mol. The molecule has 2 saturated carbocycles. The number of hydrogen-bond donors (Lipinski definition) is 1. The number of carbonyl (C=O) groups is 1. The Balaban J connectivity index is 1.66. The lowest BCUT2D eigenvalue weighted by Gasteiger charge is -2.20. The number of carbonyl (C=O) groups excluding carboxylic acids is 1. The van der Waals surface area contributed by atoms with Crippen LogP contribution in [0.1, 0.15) is 25.7 Å². The Bertz CT molecular complexity index is 390. The second kappa shape index (κ2) is 3.89. The van der Waals surface area contributed by atoms with Gasteiger partial charge < -0.3 is 5.32 Å². The fourth-order valence-electron chi connectivity index (χ4n) is 3.24. The number of nitrogens with one attached hydrogen (secondary N) is 1. The summed E-state index contributed by atoms with van der Waals surface area (Å²) in [7, 11) is 0. The third-order valence-electron chi connectivity index (χ3n) is 4.00. The van der Waals surface area contributed by atoms with E-state index in [0.717, 1.165) is 18.0 Å². The van der Waals surface area contributed by atoms with Crippen LogP contribution in [0.2, 0.25) is 0 Å². The first-order chi connectivity index (χ1) is 7.83. The zero-order valence-corrected chi connectivity index (χ0v) is 9.23. The summed E-state index contributed by atoms with van der Waals surface area (Å²) < 4.78 is 0. The van der Waals surface area contributed by atoms with Gasteiger partial charge in [-0.1, -0.05) is 6.42 Å². The van der Waals surface area contributed by atoms with Crippen LogP contribution in [0.25, 0.3) is 0 Å². The Labute approximate surface area is 95.3 Å². The van der Waals surface area contributed by atoms with Gasteiger partial charge in [0.1, 0.15) is 0 Å². The van der Waals surface area contributed by atoms with Gasteiger partial charge in [-0.05, 0) is 43.2 Å². The van der Waals surface area contributed by atoms with Crippen LogP contribution < -0.4 is 5.32 Å². The minimum atomic E-state index is 0.195. The smallest absolute Gasteiger partial charge is 0.227 e. The number of amides is 1. The van der Waals surface area contributed by atoms with Gasteiger partial charge in [0.25, 0.3) is 0 Å². The van der Waals surface area contributed by atoms with Crippen LogP contribution in [-0.2, 0) is 4.79 Å². The number of fused-ring (bicyclic) bond motifs is 2. The van der Waals surface area contributed by atoms with Crippen molar-refractivity contribution in [1.82, 2.24) is 4.98 Å². The summed E-state index contributed by atoms with van der Waals surface area (Å²) in [6, 6.07) is 3.73. The molecule has 3 atom stereocenters. The molecule has 3 rings (SSSR count). The largest absolute Gasteiger partial charge is 0.324 e. The normalized spacial score (nSPS) is 31.6. The molecule has 0 saturated heterocycles. The quantitative estimate of drug-likeness (QED) is 0.825. The molecule has 1 N–H and O–H groups in total. The first-order valence-corrected chi connectivity index (χ1v) is 6.04. The minimum Gasteiger partial charge on any atom is -0.324 e. The van der Waals surface area contributed by atoms with Crippen LogP contribution in [0.4, 0.5) is 5.69 Å². The van der Waals surface area contributed by atoms with Crippen molar-refractivity contribution in [3.05, 3.63) is 24.5 Å². The first-order valence-electron chi connectivity index (χ1n) is 6.04. The molecule has 2 aliphatic carbocycles. The highest BCUT2D eigenvalue weighted by Crippen LogP contribution is 2.48. The minimum absolute atomic E-state index is 0.195.